The summed E-state index contributed by atoms with van der Waals surface area (Å²) in [5.74, 6) is 1.91. The van der Waals surface area contributed by atoms with Crippen molar-refractivity contribution in [2.75, 3.05) is 6.54 Å². The number of rotatable bonds is 8. The molecule has 1 unspecified atom stereocenters. The molecule has 0 saturated heterocycles. The third-order valence-corrected chi connectivity index (χ3v) is 5.44. The number of hydrogen-bond donors (Lipinski definition) is 1. The molecule has 0 bridgehead atoms. The van der Waals surface area contributed by atoms with Gasteiger partial charge in [0, 0.05) is 0 Å². The third kappa shape index (κ3) is 4.57. The van der Waals surface area contributed by atoms with Crippen LogP contribution in [0.2, 0.25) is 0 Å². The lowest BCUT2D eigenvalue weighted by Crippen LogP contribution is -2.36. The van der Waals surface area contributed by atoms with Crippen LogP contribution in [0.4, 0.5) is 0 Å². The summed E-state index contributed by atoms with van der Waals surface area (Å²) in [4.78, 5) is 0. The normalized spacial score (nSPS) is 30.3. The molecule has 0 spiro atoms. The Kier molecular flexibility index (Phi) is 7.29. The Morgan fingerprint density at radius 3 is 2.28 bits per heavy atom. The largest absolute Gasteiger partial charge is 0.330 e. The minimum atomic E-state index is 0.500. The Labute approximate surface area is 115 Å². The first-order valence-corrected chi connectivity index (χ1v) is 8.39. The van der Waals surface area contributed by atoms with Gasteiger partial charge in [0.2, 0.25) is 0 Å². The average molecular weight is 253 g/mol. The van der Waals surface area contributed by atoms with E-state index >= 15 is 0 Å². The second kappa shape index (κ2) is 8.19. The van der Waals surface area contributed by atoms with Gasteiger partial charge in [-0.1, -0.05) is 52.9 Å². The maximum atomic E-state index is 6.16. The van der Waals surface area contributed by atoms with E-state index < -0.39 is 0 Å². The second-order valence-electron chi connectivity index (χ2n) is 6.68. The van der Waals surface area contributed by atoms with Crippen LogP contribution in [-0.4, -0.2) is 6.54 Å². The van der Waals surface area contributed by atoms with Gasteiger partial charge in [-0.3, -0.25) is 0 Å². The van der Waals surface area contributed by atoms with E-state index in [1.807, 2.05) is 0 Å². The van der Waals surface area contributed by atoms with E-state index in [-0.39, 0.29) is 0 Å². The summed E-state index contributed by atoms with van der Waals surface area (Å²) in [7, 11) is 0. The summed E-state index contributed by atoms with van der Waals surface area (Å²) in [6, 6.07) is 0. The first-order valence-electron chi connectivity index (χ1n) is 8.39. The van der Waals surface area contributed by atoms with Gasteiger partial charge >= 0.3 is 0 Å². The molecule has 18 heavy (non-hydrogen) atoms. The lowest BCUT2D eigenvalue weighted by molar-refractivity contribution is 0.114. The van der Waals surface area contributed by atoms with Gasteiger partial charge in [0.05, 0.1) is 0 Å². The van der Waals surface area contributed by atoms with Gasteiger partial charge in [0.15, 0.2) is 0 Å². The zero-order valence-corrected chi connectivity index (χ0v) is 13.0. The highest BCUT2D eigenvalue weighted by Crippen LogP contribution is 2.44. The average Bonchev–Trinajstić information content (AvgIpc) is 2.44. The molecule has 1 atom stereocenters. The van der Waals surface area contributed by atoms with Crippen LogP contribution in [0.15, 0.2) is 0 Å². The summed E-state index contributed by atoms with van der Waals surface area (Å²) < 4.78 is 0. The fourth-order valence-corrected chi connectivity index (χ4v) is 3.75. The predicted octanol–water partition coefficient (Wildman–Crippen LogP) is 5.14. The molecular weight excluding hydrogens is 218 g/mol. The molecule has 0 amide bonds. The van der Waals surface area contributed by atoms with Gasteiger partial charge in [-0.25, -0.2) is 0 Å². The van der Waals surface area contributed by atoms with Gasteiger partial charge in [-0.05, 0) is 55.9 Å². The van der Waals surface area contributed by atoms with E-state index in [1.54, 1.807) is 0 Å². The van der Waals surface area contributed by atoms with Crippen molar-refractivity contribution in [1.29, 1.82) is 0 Å². The highest BCUT2D eigenvalue weighted by Gasteiger charge is 2.35. The monoisotopic (exact) mass is 253 g/mol. The van der Waals surface area contributed by atoms with Crippen LogP contribution in [0.5, 0.6) is 0 Å². The maximum Gasteiger partial charge on any atom is -0.00204 e. The highest BCUT2D eigenvalue weighted by molar-refractivity contribution is 4.88. The molecule has 0 aromatic carbocycles. The molecule has 108 valence electrons. The summed E-state index contributed by atoms with van der Waals surface area (Å²) in [5, 5.41) is 0. The van der Waals surface area contributed by atoms with Crippen LogP contribution in [0.3, 0.4) is 0 Å². The Morgan fingerprint density at radius 1 is 1.17 bits per heavy atom. The van der Waals surface area contributed by atoms with Gasteiger partial charge in [-0.15, -0.1) is 0 Å². The van der Waals surface area contributed by atoms with Crippen molar-refractivity contribution in [2.45, 2.75) is 85.0 Å². The fourth-order valence-electron chi connectivity index (χ4n) is 3.75. The Morgan fingerprint density at radius 2 is 1.83 bits per heavy atom. The minimum Gasteiger partial charge on any atom is -0.330 e. The van der Waals surface area contributed by atoms with Crippen LogP contribution in [0.1, 0.15) is 85.0 Å². The first-order chi connectivity index (χ1) is 8.69. The predicted molar refractivity (Wildman–Crippen MR) is 81.7 cm³/mol. The Hall–Kier alpha value is -0.0400. The van der Waals surface area contributed by atoms with Gasteiger partial charge in [-0.2, -0.15) is 0 Å². The third-order valence-electron chi connectivity index (χ3n) is 5.44. The zero-order chi connectivity index (χ0) is 13.4. The second-order valence-corrected chi connectivity index (χ2v) is 6.68. The molecule has 1 rings (SSSR count). The minimum absolute atomic E-state index is 0.500. The molecule has 1 fully saturated rings. The van der Waals surface area contributed by atoms with Crippen LogP contribution < -0.4 is 5.73 Å². The summed E-state index contributed by atoms with van der Waals surface area (Å²) >= 11 is 0. The van der Waals surface area contributed by atoms with Crippen molar-refractivity contribution in [3.05, 3.63) is 0 Å². The van der Waals surface area contributed by atoms with Crippen LogP contribution in [-0.2, 0) is 0 Å². The Bertz CT molecular complexity index is 204. The molecule has 0 aliphatic heterocycles. The van der Waals surface area contributed by atoms with Gasteiger partial charge in [0.25, 0.3) is 0 Å². The highest BCUT2D eigenvalue weighted by atomic mass is 14.6. The molecule has 2 N–H and O–H groups in total. The molecule has 1 nitrogen and oxygen atoms in total. The molecular formula is C17H35N. The van der Waals surface area contributed by atoms with Crippen molar-refractivity contribution in [3.8, 4) is 0 Å². The molecule has 1 saturated carbocycles. The number of unbranched alkanes of at least 4 members (excludes halogenated alkanes) is 1. The zero-order valence-electron chi connectivity index (χ0n) is 13.0. The van der Waals surface area contributed by atoms with E-state index in [9.17, 15) is 0 Å². The summed E-state index contributed by atoms with van der Waals surface area (Å²) in [6.45, 7) is 7.93. The van der Waals surface area contributed by atoms with Crippen LogP contribution in [0, 0.1) is 17.3 Å². The Balaban J connectivity index is 2.49. The fraction of sp³-hybridized carbons (Fsp3) is 1.00. The summed E-state index contributed by atoms with van der Waals surface area (Å²) in [5.41, 5.74) is 6.66. The smallest absolute Gasteiger partial charge is 0.00204 e. The van der Waals surface area contributed by atoms with Crippen molar-refractivity contribution in [1.82, 2.24) is 0 Å². The standard InChI is InChI=1S/C17H35N/c1-4-7-8-16(6-3)13-17(14-18)11-9-15(5-2)10-12-17/h15-16H,4-14,18H2,1-3H3. The molecule has 0 aromatic heterocycles. The van der Waals surface area contributed by atoms with Gasteiger partial charge in [0.1, 0.15) is 0 Å². The SMILES string of the molecule is CCCCC(CC)CC1(CN)CCC(CC)CC1. The van der Waals surface area contributed by atoms with Crippen molar-refractivity contribution >= 4 is 0 Å². The molecule has 1 aliphatic rings. The quantitative estimate of drug-likeness (QED) is 0.637. The summed E-state index contributed by atoms with van der Waals surface area (Å²) in [6.07, 6.45) is 13.9. The van der Waals surface area contributed by atoms with E-state index in [2.05, 4.69) is 20.8 Å². The van der Waals surface area contributed by atoms with Gasteiger partial charge < -0.3 is 5.73 Å². The molecule has 0 aromatic rings. The molecule has 0 heterocycles. The van der Waals surface area contributed by atoms with E-state index in [0.29, 0.717) is 5.41 Å². The number of hydrogen-bond acceptors (Lipinski definition) is 1. The lowest BCUT2D eigenvalue weighted by atomic mass is 9.65. The lowest BCUT2D eigenvalue weighted by Gasteiger charge is -2.41. The van der Waals surface area contributed by atoms with Crippen LogP contribution in [0.25, 0.3) is 0 Å². The first kappa shape index (κ1) is 16.0. The van der Waals surface area contributed by atoms with E-state index in [4.69, 9.17) is 5.73 Å². The maximum absolute atomic E-state index is 6.16. The van der Waals surface area contributed by atoms with E-state index in [1.165, 1.54) is 64.2 Å². The topological polar surface area (TPSA) is 26.0 Å². The van der Waals surface area contributed by atoms with Crippen molar-refractivity contribution < 1.29 is 0 Å². The molecule has 1 aliphatic carbocycles. The number of nitrogens with two attached hydrogens (primary N) is 1. The van der Waals surface area contributed by atoms with Crippen LogP contribution >= 0.6 is 0 Å². The van der Waals surface area contributed by atoms with Crippen molar-refractivity contribution in [3.63, 3.8) is 0 Å². The van der Waals surface area contributed by atoms with Crippen molar-refractivity contribution in [2.24, 2.45) is 23.0 Å². The van der Waals surface area contributed by atoms with E-state index in [0.717, 1.165) is 18.4 Å². The molecule has 0 radical (unpaired) electrons. The molecule has 1 heteroatoms.